The number of likely N-dealkylation sites (N-methyl/N-ethyl adjacent to an activating group) is 1. The van der Waals surface area contributed by atoms with E-state index in [1.165, 1.54) is 5.69 Å². The van der Waals surface area contributed by atoms with Gasteiger partial charge < -0.3 is 19.3 Å². The maximum Gasteiger partial charge on any atom is 0.224 e. The summed E-state index contributed by atoms with van der Waals surface area (Å²) in [7, 11) is 3.78. The quantitative estimate of drug-likeness (QED) is 0.830. The molecule has 1 unspecified atom stereocenters. The minimum Gasteiger partial charge on any atom is -0.384 e. The lowest BCUT2D eigenvalue weighted by Gasteiger charge is -2.39. The molecule has 5 nitrogen and oxygen atoms in total. The van der Waals surface area contributed by atoms with Gasteiger partial charge in [-0.05, 0) is 31.4 Å². The number of amides is 1. The Kier molecular flexibility index (Phi) is 5.41. The smallest absolute Gasteiger partial charge is 0.224 e. The molecule has 2 aliphatic heterocycles. The van der Waals surface area contributed by atoms with Crippen molar-refractivity contribution in [1.82, 2.24) is 4.90 Å². The van der Waals surface area contributed by atoms with Crippen LogP contribution in [-0.4, -0.2) is 62.9 Å². The van der Waals surface area contributed by atoms with E-state index in [-0.39, 0.29) is 11.5 Å². The van der Waals surface area contributed by atoms with Crippen LogP contribution >= 0.6 is 0 Å². The number of rotatable bonds is 5. The summed E-state index contributed by atoms with van der Waals surface area (Å²) in [5, 5.41) is 0. The first kappa shape index (κ1) is 17.2. The van der Waals surface area contributed by atoms with Crippen molar-refractivity contribution in [3.05, 3.63) is 30.3 Å². The lowest BCUT2D eigenvalue weighted by atomic mass is 9.87. The molecule has 1 atom stereocenters. The molecule has 0 aliphatic carbocycles. The van der Waals surface area contributed by atoms with E-state index in [9.17, 15) is 4.79 Å². The van der Waals surface area contributed by atoms with E-state index in [1.807, 2.05) is 11.0 Å². The zero-order valence-corrected chi connectivity index (χ0v) is 14.7. The first-order valence-electron chi connectivity index (χ1n) is 8.82. The van der Waals surface area contributed by atoms with Crippen molar-refractivity contribution in [3.63, 3.8) is 0 Å². The Labute approximate surface area is 144 Å². The molecule has 0 saturated carbocycles. The van der Waals surface area contributed by atoms with E-state index in [2.05, 4.69) is 36.2 Å². The number of methoxy groups -OCH3 is 1. The average molecular weight is 332 g/mol. The summed E-state index contributed by atoms with van der Waals surface area (Å²) in [5.41, 5.74) is 1.18. The Morgan fingerprint density at radius 3 is 2.71 bits per heavy atom. The van der Waals surface area contributed by atoms with Gasteiger partial charge in [-0.2, -0.15) is 0 Å². The molecule has 1 aromatic carbocycles. The predicted molar refractivity (Wildman–Crippen MR) is 94.2 cm³/mol. The monoisotopic (exact) mass is 332 g/mol. The van der Waals surface area contributed by atoms with Gasteiger partial charge in [0.15, 0.2) is 0 Å². The van der Waals surface area contributed by atoms with Gasteiger partial charge in [-0.15, -0.1) is 0 Å². The fourth-order valence-corrected chi connectivity index (χ4v) is 3.80. The number of likely N-dealkylation sites (tertiary alicyclic amines) is 1. The number of hydrogen-bond donors (Lipinski definition) is 0. The number of nitrogens with zero attached hydrogens (tertiary/aromatic N) is 2. The van der Waals surface area contributed by atoms with Gasteiger partial charge in [-0.1, -0.05) is 18.2 Å². The molecule has 2 saturated heterocycles. The van der Waals surface area contributed by atoms with E-state index in [1.54, 1.807) is 7.11 Å². The standard InChI is InChI=1S/C19H28N2O3/c1-20(16-6-4-3-5-7-16)17-14-19(24-15-17)9-11-21(12-10-19)18(22)8-13-23-2/h3-7,17H,8-15H2,1-2H3. The Balaban J connectivity index is 1.53. The molecule has 2 fully saturated rings. The van der Waals surface area contributed by atoms with Crippen LogP contribution in [0.3, 0.4) is 0 Å². The first-order chi connectivity index (χ1) is 11.6. The first-order valence-corrected chi connectivity index (χ1v) is 8.82. The lowest BCUT2D eigenvalue weighted by Crippen LogP contribution is -2.47. The minimum absolute atomic E-state index is 0.0499. The van der Waals surface area contributed by atoms with E-state index in [4.69, 9.17) is 9.47 Å². The predicted octanol–water partition coefficient (Wildman–Crippen LogP) is 2.31. The molecule has 1 aromatic rings. The summed E-state index contributed by atoms with van der Waals surface area (Å²) >= 11 is 0. The number of para-hydroxylation sites is 1. The van der Waals surface area contributed by atoms with Crippen molar-refractivity contribution in [1.29, 1.82) is 0 Å². The van der Waals surface area contributed by atoms with Crippen molar-refractivity contribution in [3.8, 4) is 0 Å². The normalized spacial score (nSPS) is 22.8. The second kappa shape index (κ2) is 7.53. The maximum absolute atomic E-state index is 12.1. The zero-order valence-electron chi connectivity index (χ0n) is 14.7. The fourth-order valence-electron chi connectivity index (χ4n) is 3.80. The second-order valence-electron chi connectivity index (χ2n) is 6.92. The van der Waals surface area contributed by atoms with Gasteiger partial charge in [-0.25, -0.2) is 0 Å². The van der Waals surface area contributed by atoms with Crippen LogP contribution in [-0.2, 0) is 14.3 Å². The summed E-state index contributed by atoms with van der Waals surface area (Å²) < 4.78 is 11.2. The van der Waals surface area contributed by atoms with Crippen LogP contribution in [0.1, 0.15) is 25.7 Å². The van der Waals surface area contributed by atoms with Crippen LogP contribution in [0.15, 0.2) is 30.3 Å². The molecule has 0 aromatic heterocycles. The van der Waals surface area contributed by atoms with Gasteiger partial charge in [0.25, 0.3) is 0 Å². The van der Waals surface area contributed by atoms with E-state index in [0.29, 0.717) is 19.1 Å². The highest BCUT2D eigenvalue weighted by atomic mass is 16.5. The molecule has 24 heavy (non-hydrogen) atoms. The molecule has 1 spiro atoms. The second-order valence-corrected chi connectivity index (χ2v) is 6.92. The van der Waals surface area contributed by atoms with E-state index < -0.39 is 0 Å². The zero-order chi connectivity index (χ0) is 17.0. The third-order valence-electron chi connectivity index (χ3n) is 5.45. The number of piperidine rings is 1. The third-order valence-corrected chi connectivity index (χ3v) is 5.45. The number of carbonyl (C=O) groups is 1. The molecule has 0 N–H and O–H groups in total. The largest absolute Gasteiger partial charge is 0.384 e. The number of ether oxygens (including phenoxy) is 2. The molecule has 1 amide bonds. The van der Waals surface area contributed by atoms with Gasteiger partial charge in [0, 0.05) is 32.9 Å². The van der Waals surface area contributed by atoms with Crippen molar-refractivity contribution in [2.75, 3.05) is 45.4 Å². The molecular formula is C19H28N2O3. The third kappa shape index (κ3) is 3.73. The summed E-state index contributed by atoms with van der Waals surface area (Å²) in [4.78, 5) is 16.4. The van der Waals surface area contributed by atoms with Crippen LogP contribution in [0, 0.1) is 0 Å². The van der Waals surface area contributed by atoms with Gasteiger partial charge in [-0.3, -0.25) is 4.79 Å². The topological polar surface area (TPSA) is 42.0 Å². The SMILES string of the molecule is COCCC(=O)N1CCC2(CC1)CC(N(C)c1ccccc1)CO2. The highest BCUT2D eigenvalue weighted by molar-refractivity contribution is 5.76. The van der Waals surface area contributed by atoms with Crippen molar-refractivity contribution >= 4 is 11.6 Å². The Bertz CT molecular complexity index is 541. The molecule has 2 aliphatic rings. The minimum atomic E-state index is -0.0499. The molecule has 5 heteroatoms. The summed E-state index contributed by atoms with van der Waals surface area (Å²) in [5.74, 6) is 0.197. The van der Waals surface area contributed by atoms with Gasteiger partial charge >= 0.3 is 0 Å². The van der Waals surface area contributed by atoms with Crippen molar-refractivity contribution in [2.24, 2.45) is 0 Å². The molecule has 132 valence electrons. The average Bonchev–Trinajstić information content (AvgIpc) is 3.04. The van der Waals surface area contributed by atoms with Gasteiger partial charge in [0.2, 0.25) is 5.91 Å². The fraction of sp³-hybridized carbons (Fsp3) is 0.632. The van der Waals surface area contributed by atoms with E-state index in [0.717, 1.165) is 39.0 Å². The van der Waals surface area contributed by atoms with Crippen LogP contribution in [0.25, 0.3) is 0 Å². The molecular weight excluding hydrogens is 304 g/mol. The van der Waals surface area contributed by atoms with Crippen LogP contribution in [0.5, 0.6) is 0 Å². The molecule has 0 bridgehead atoms. The Morgan fingerprint density at radius 2 is 2.04 bits per heavy atom. The van der Waals surface area contributed by atoms with Crippen LogP contribution in [0.4, 0.5) is 5.69 Å². The highest BCUT2D eigenvalue weighted by Crippen LogP contribution is 2.38. The Hall–Kier alpha value is -1.59. The van der Waals surface area contributed by atoms with E-state index >= 15 is 0 Å². The lowest BCUT2D eigenvalue weighted by molar-refractivity contribution is -0.136. The highest BCUT2D eigenvalue weighted by Gasteiger charge is 2.44. The summed E-state index contributed by atoms with van der Waals surface area (Å²) in [6.07, 6.45) is 3.39. The number of benzene rings is 1. The van der Waals surface area contributed by atoms with Crippen molar-refractivity contribution < 1.29 is 14.3 Å². The summed E-state index contributed by atoms with van der Waals surface area (Å²) in [6.45, 7) is 2.86. The van der Waals surface area contributed by atoms with Gasteiger partial charge in [0.1, 0.15) is 0 Å². The molecule has 0 radical (unpaired) electrons. The van der Waals surface area contributed by atoms with Crippen molar-refractivity contribution in [2.45, 2.75) is 37.3 Å². The maximum atomic E-state index is 12.1. The number of anilines is 1. The Morgan fingerprint density at radius 1 is 1.33 bits per heavy atom. The van der Waals surface area contributed by atoms with Gasteiger partial charge in [0.05, 0.1) is 31.3 Å². The van der Waals surface area contributed by atoms with Crippen LogP contribution in [0.2, 0.25) is 0 Å². The number of carbonyl (C=O) groups excluding carboxylic acids is 1. The van der Waals surface area contributed by atoms with Crippen LogP contribution < -0.4 is 4.90 Å². The molecule has 2 heterocycles. The number of hydrogen-bond acceptors (Lipinski definition) is 4. The molecule has 3 rings (SSSR count). The summed E-state index contributed by atoms with van der Waals surface area (Å²) in [6, 6.07) is 10.9.